The molecule has 0 heterocycles. The van der Waals surface area contributed by atoms with Gasteiger partial charge in [0.25, 0.3) is 5.91 Å². The topological polar surface area (TPSA) is 29.1 Å². The predicted molar refractivity (Wildman–Crippen MR) is 123 cm³/mol. The molecule has 1 amide bonds. The second-order valence-electron chi connectivity index (χ2n) is 10.3. The second-order valence-corrected chi connectivity index (χ2v) is 10.3. The summed E-state index contributed by atoms with van der Waals surface area (Å²) in [5.41, 5.74) is 5.82. The molecular formula is C28H35NO. The van der Waals surface area contributed by atoms with Crippen LogP contribution in [0.5, 0.6) is 0 Å². The highest BCUT2D eigenvalue weighted by Crippen LogP contribution is 2.52. The summed E-state index contributed by atoms with van der Waals surface area (Å²) < 4.78 is 0. The number of amides is 1. The zero-order valence-corrected chi connectivity index (χ0v) is 18.5. The smallest absolute Gasteiger partial charge is 0.252 e. The molecule has 0 aromatic heterocycles. The first-order chi connectivity index (χ1) is 14.6. The van der Waals surface area contributed by atoms with E-state index in [1.807, 2.05) is 19.1 Å². The third-order valence-electron chi connectivity index (χ3n) is 8.01. The summed E-state index contributed by atoms with van der Waals surface area (Å²) in [7, 11) is 0. The average Bonchev–Trinajstić information content (AvgIpc) is 3.33. The highest BCUT2D eigenvalue weighted by atomic mass is 16.1. The monoisotopic (exact) mass is 401 g/mol. The van der Waals surface area contributed by atoms with Crippen LogP contribution in [0.15, 0.2) is 42.5 Å². The van der Waals surface area contributed by atoms with Crippen LogP contribution in [0.3, 0.4) is 0 Å². The van der Waals surface area contributed by atoms with Crippen LogP contribution in [-0.2, 0) is 6.42 Å². The molecular weight excluding hydrogens is 366 g/mol. The summed E-state index contributed by atoms with van der Waals surface area (Å²) >= 11 is 0. The molecule has 2 nitrogen and oxygen atoms in total. The van der Waals surface area contributed by atoms with Crippen molar-refractivity contribution in [2.45, 2.75) is 71.3 Å². The number of carbonyl (C=O) groups is 1. The summed E-state index contributed by atoms with van der Waals surface area (Å²) in [5.74, 6) is 3.28. The minimum Gasteiger partial charge on any atom is -0.345 e. The van der Waals surface area contributed by atoms with Crippen LogP contribution in [0.1, 0.15) is 83.6 Å². The molecule has 3 fully saturated rings. The van der Waals surface area contributed by atoms with Gasteiger partial charge in [-0.05, 0) is 92.4 Å². The van der Waals surface area contributed by atoms with Gasteiger partial charge in [-0.25, -0.2) is 0 Å². The number of rotatable bonds is 7. The molecule has 2 aromatic rings. The van der Waals surface area contributed by atoms with E-state index in [1.54, 1.807) is 0 Å². The van der Waals surface area contributed by atoms with Crippen molar-refractivity contribution in [2.24, 2.45) is 23.7 Å². The van der Waals surface area contributed by atoms with Crippen molar-refractivity contribution in [1.29, 1.82) is 0 Å². The van der Waals surface area contributed by atoms with E-state index in [9.17, 15) is 4.79 Å². The van der Waals surface area contributed by atoms with Gasteiger partial charge < -0.3 is 5.32 Å². The van der Waals surface area contributed by atoms with Gasteiger partial charge in [-0.15, -0.1) is 0 Å². The van der Waals surface area contributed by atoms with Crippen LogP contribution in [0.25, 0.3) is 0 Å². The van der Waals surface area contributed by atoms with Gasteiger partial charge in [0.05, 0.1) is 6.04 Å². The molecule has 1 N–H and O–H groups in total. The summed E-state index contributed by atoms with van der Waals surface area (Å²) in [4.78, 5) is 13.3. The molecule has 2 heteroatoms. The number of carbonyl (C=O) groups excluding carboxylic acids is 1. The zero-order chi connectivity index (χ0) is 20.7. The molecule has 3 aliphatic rings. The summed E-state index contributed by atoms with van der Waals surface area (Å²) in [6.07, 6.45) is 10.7. The molecule has 158 valence electrons. The van der Waals surface area contributed by atoms with E-state index < -0.39 is 0 Å². The van der Waals surface area contributed by atoms with E-state index in [2.05, 4.69) is 42.6 Å². The third kappa shape index (κ3) is 4.19. The van der Waals surface area contributed by atoms with Crippen molar-refractivity contribution in [2.75, 3.05) is 0 Å². The Morgan fingerprint density at radius 2 is 1.80 bits per heavy atom. The zero-order valence-electron chi connectivity index (χ0n) is 18.5. The van der Waals surface area contributed by atoms with Crippen LogP contribution >= 0.6 is 0 Å². The summed E-state index contributed by atoms with van der Waals surface area (Å²) in [6.45, 7) is 4.13. The quantitative estimate of drug-likeness (QED) is 0.560. The van der Waals surface area contributed by atoms with Crippen molar-refractivity contribution in [3.8, 4) is 0 Å². The number of hydrogen-bond donors (Lipinski definition) is 1. The minimum atomic E-state index is 0.0816. The van der Waals surface area contributed by atoms with Crippen molar-refractivity contribution in [3.05, 3.63) is 70.3 Å². The van der Waals surface area contributed by atoms with Gasteiger partial charge >= 0.3 is 0 Å². The molecule has 3 aliphatic carbocycles. The molecule has 30 heavy (non-hydrogen) atoms. The number of hydrogen-bond acceptors (Lipinski definition) is 1. The molecule has 0 aliphatic heterocycles. The maximum absolute atomic E-state index is 13.3. The number of nitrogens with one attached hydrogen (secondary N) is 1. The Morgan fingerprint density at radius 1 is 1.00 bits per heavy atom. The van der Waals surface area contributed by atoms with Crippen LogP contribution in [0, 0.1) is 37.5 Å². The van der Waals surface area contributed by atoms with E-state index in [-0.39, 0.29) is 11.9 Å². The second kappa shape index (κ2) is 8.21. The van der Waals surface area contributed by atoms with E-state index in [4.69, 9.17) is 0 Å². The normalized spacial score (nSPS) is 26.0. The molecule has 0 radical (unpaired) electrons. The molecule has 0 spiro atoms. The van der Waals surface area contributed by atoms with Crippen LogP contribution < -0.4 is 5.32 Å². The molecule has 1 unspecified atom stereocenters. The molecule has 2 bridgehead atoms. The molecule has 0 saturated heterocycles. The number of aryl methyl sites for hydroxylation is 3. The van der Waals surface area contributed by atoms with E-state index in [1.165, 1.54) is 68.1 Å². The van der Waals surface area contributed by atoms with Crippen LogP contribution in [-0.4, -0.2) is 5.91 Å². The Hall–Kier alpha value is -2.09. The van der Waals surface area contributed by atoms with Crippen molar-refractivity contribution in [1.82, 2.24) is 5.32 Å². The van der Waals surface area contributed by atoms with Crippen LogP contribution in [0.2, 0.25) is 0 Å². The van der Waals surface area contributed by atoms with Gasteiger partial charge in [0.2, 0.25) is 0 Å². The van der Waals surface area contributed by atoms with Crippen LogP contribution in [0.4, 0.5) is 0 Å². The van der Waals surface area contributed by atoms with Gasteiger partial charge in [-0.2, -0.15) is 0 Å². The summed E-state index contributed by atoms with van der Waals surface area (Å²) in [6, 6.07) is 15.5. The Kier molecular flexibility index (Phi) is 5.43. The lowest BCUT2D eigenvalue weighted by atomic mass is 9.80. The predicted octanol–water partition coefficient (Wildman–Crippen LogP) is 6.55. The van der Waals surface area contributed by atoms with Gasteiger partial charge in [0, 0.05) is 5.56 Å². The van der Waals surface area contributed by atoms with Gasteiger partial charge in [0.15, 0.2) is 0 Å². The lowest BCUT2D eigenvalue weighted by molar-refractivity contribution is 0.0907. The van der Waals surface area contributed by atoms with Crippen molar-refractivity contribution < 1.29 is 4.79 Å². The summed E-state index contributed by atoms with van der Waals surface area (Å²) in [5, 5.41) is 3.48. The Balaban J connectivity index is 1.37. The van der Waals surface area contributed by atoms with E-state index in [0.717, 1.165) is 28.9 Å². The maximum Gasteiger partial charge on any atom is 0.252 e. The minimum absolute atomic E-state index is 0.0816. The lowest BCUT2D eigenvalue weighted by Gasteiger charge is -2.32. The highest BCUT2D eigenvalue weighted by Gasteiger charge is 2.44. The molecule has 4 atom stereocenters. The van der Waals surface area contributed by atoms with E-state index >= 15 is 0 Å². The fourth-order valence-corrected chi connectivity index (χ4v) is 6.10. The third-order valence-corrected chi connectivity index (χ3v) is 8.01. The largest absolute Gasteiger partial charge is 0.345 e. The van der Waals surface area contributed by atoms with Gasteiger partial charge in [-0.1, -0.05) is 61.2 Å². The fourth-order valence-electron chi connectivity index (χ4n) is 6.10. The first-order valence-corrected chi connectivity index (χ1v) is 12.0. The van der Waals surface area contributed by atoms with E-state index in [0.29, 0.717) is 5.92 Å². The fraction of sp³-hybridized carbons (Fsp3) is 0.536. The molecule has 2 aromatic carbocycles. The van der Waals surface area contributed by atoms with Crippen molar-refractivity contribution in [3.63, 3.8) is 0 Å². The van der Waals surface area contributed by atoms with Gasteiger partial charge in [0.1, 0.15) is 0 Å². The maximum atomic E-state index is 13.3. The highest BCUT2D eigenvalue weighted by molar-refractivity contribution is 5.96. The Labute approximate surface area is 181 Å². The SMILES string of the molecule is Cc1ccc(C(=O)N[C@@H](c2ccc(CCC3CC3)cc2)C2C[C@H]3CC[C@@H]2C3)c(C)c1. The van der Waals surface area contributed by atoms with Crippen molar-refractivity contribution >= 4 is 5.91 Å². The molecule has 3 saturated carbocycles. The first kappa shape index (κ1) is 19.8. The number of benzene rings is 2. The lowest BCUT2D eigenvalue weighted by Crippen LogP contribution is -2.36. The molecule has 5 rings (SSSR count). The Morgan fingerprint density at radius 3 is 2.43 bits per heavy atom. The Bertz CT molecular complexity index is 911. The van der Waals surface area contributed by atoms with Gasteiger partial charge in [-0.3, -0.25) is 4.79 Å². The number of fused-ring (bicyclic) bond motifs is 2. The first-order valence-electron chi connectivity index (χ1n) is 12.0. The average molecular weight is 402 g/mol. The standard InChI is InChI=1S/C28H35NO/c1-18-3-14-25(19(2)15-18)28(30)29-27(26-17-22-10-13-24(26)16-22)23-11-8-21(9-12-23)7-6-20-4-5-20/h3,8-9,11-12,14-15,20,22,24,26-27H,4-7,10,13,16-17H2,1-2H3,(H,29,30)/t22-,24+,26?,27-/m0/s1.